The van der Waals surface area contributed by atoms with Gasteiger partial charge in [-0.3, -0.25) is 0 Å². The summed E-state index contributed by atoms with van der Waals surface area (Å²) < 4.78 is 1.14. The van der Waals surface area contributed by atoms with Crippen molar-refractivity contribution in [2.75, 3.05) is 0 Å². The van der Waals surface area contributed by atoms with Crippen molar-refractivity contribution >= 4 is 0 Å². The molecule has 0 aliphatic heterocycles. The first kappa shape index (κ1) is 20.1. The Hall–Kier alpha value is -0.990. The topological polar surface area (TPSA) is 38.0 Å². The quantitative estimate of drug-likeness (QED) is 0.277. The van der Waals surface area contributed by atoms with Crippen molar-refractivity contribution in [1.29, 1.82) is 0 Å². The molecule has 0 amide bonds. The predicted molar refractivity (Wildman–Crippen MR) is 98.0 cm³/mol. The lowest BCUT2D eigenvalue weighted by Gasteiger charge is -2.03. The lowest BCUT2D eigenvalue weighted by molar-refractivity contribution is 0.175. The van der Waals surface area contributed by atoms with Crippen molar-refractivity contribution in [1.82, 2.24) is 9.71 Å². The van der Waals surface area contributed by atoms with Crippen LogP contribution in [0.15, 0.2) is 12.4 Å². The number of nitrogens with zero attached hydrogens (tertiary/aromatic N) is 2. The number of unbranched alkanes of at least 4 members (excludes halogenated alkanes) is 14. The third-order valence-corrected chi connectivity index (χ3v) is 4.70. The van der Waals surface area contributed by atoms with Crippen LogP contribution in [0.5, 0.6) is 0 Å². The number of aromatic nitrogens is 2. The van der Waals surface area contributed by atoms with Crippen molar-refractivity contribution in [2.45, 2.75) is 110 Å². The van der Waals surface area contributed by atoms with E-state index in [1.165, 1.54) is 89.9 Å². The fraction of sp³-hybridized carbons (Fsp3) is 0.850. The highest BCUT2D eigenvalue weighted by Gasteiger charge is 2.00. The van der Waals surface area contributed by atoms with Gasteiger partial charge in [0.1, 0.15) is 5.82 Å². The number of aryl methyl sites for hydroxylation is 1. The first-order chi connectivity index (χ1) is 11.3. The fourth-order valence-corrected chi connectivity index (χ4v) is 3.16. The molecule has 0 saturated heterocycles. The van der Waals surface area contributed by atoms with Crippen molar-refractivity contribution in [2.24, 2.45) is 0 Å². The molecule has 0 fully saturated rings. The van der Waals surface area contributed by atoms with E-state index in [2.05, 4.69) is 11.9 Å². The zero-order valence-corrected chi connectivity index (χ0v) is 15.3. The van der Waals surface area contributed by atoms with Crippen molar-refractivity contribution < 1.29 is 5.21 Å². The van der Waals surface area contributed by atoms with E-state index in [1.54, 1.807) is 12.4 Å². The predicted octanol–water partition coefficient (Wildman–Crippen LogP) is 6.53. The highest BCUT2D eigenvalue weighted by molar-refractivity contribution is 4.88. The normalized spacial score (nSPS) is 11.2. The van der Waals surface area contributed by atoms with E-state index < -0.39 is 0 Å². The van der Waals surface area contributed by atoms with Gasteiger partial charge in [-0.25, -0.2) is 4.98 Å². The molecule has 0 saturated carbocycles. The smallest absolute Gasteiger partial charge is 0.144 e. The summed E-state index contributed by atoms with van der Waals surface area (Å²) in [6, 6.07) is 0. The summed E-state index contributed by atoms with van der Waals surface area (Å²) in [4.78, 5) is 4.13. The second-order valence-electron chi connectivity index (χ2n) is 6.89. The minimum absolute atomic E-state index is 0.791. The standard InChI is InChI=1S/C20H38N2O/c1-2-3-4-5-6-7-8-9-10-11-12-13-14-15-16-17-20-21-18-19-22(20)23/h18-19,23H,2-17H2,1H3. The summed E-state index contributed by atoms with van der Waals surface area (Å²) in [6.07, 6.45) is 24.9. The summed E-state index contributed by atoms with van der Waals surface area (Å²) in [5.74, 6) is 0.791. The Bertz CT molecular complexity index is 362. The molecule has 1 N–H and O–H groups in total. The number of rotatable bonds is 16. The van der Waals surface area contributed by atoms with Gasteiger partial charge >= 0.3 is 0 Å². The summed E-state index contributed by atoms with van der Waals surface area (Å²) in [7, 11) is 0. The zero-order chi connectivity index (χ0) is 16.6. The van der Waals surface area contributed by atoms with Crippen LogP contribution in [0.3, 0.4) is 0 Å². The van der Waals surface area contributed by atoms with Crippen LogP contribution >= 0.6 is 0 Å². The second-order valence-corrected chi connectivity index (χ2v) is 6.89. The molecule has 1 aromatic heterocycles. The van der Waals surface area contributed by atoms with E-state index in [0.29, 0.717) is 0 Å². The van der Waals surface area contributed by atoms with Crippen molar-refractivity contribution in [3.8, 4) is 0 Å². The van der Waals surface area contributed by atoms with Crippen LogP contribution in [-0.2, 0) is 6.42 Å². The van der Waals surface area contributed by atoms with Crippen LogP contribution < -0.4 is 0 Å². The third-order valence-electron chi connectivity index (χ3n) is 4.70. The summed E-state index contributed by atoms with van der Waals surface area (Å²) in [5, 5.41) is 9.42. The van der Waals surface area contributed by atoms with Gasteiger partial charge < -0.3 is 5.21 Å². The maximum Gasteiger partial charge on any atom is 0.144 e. The van der Waals surface area contributed by atoms with Crippen molar-refractivity contribution in [3.05, 3.63) is 18.2 Å². The van der Waals surface area contributed by atoms with E-state index in [4.69, 9.17) is 0 Å². The maximum atomic E-state index is 9.42. The Morgan fingerprint density at radius 1 is 0.739 bits per heavy atom. The Morgan fingerprint density at radius 2 is 1.17 bits per heavy atom. The van der Waals surface area contributed by atoms with Gasteiger partial charge in [-0.15, -0.1) is 0 Å². The molecule has 1 aromatic rings. The Morgan fingerprint density at radius 3 is 1.57 bits per heavy atom. The minimum atomic E-state index is 0.791. The molecule has 0 radical (unpaired) electrons. The van der Waals surface area contributed by atoms with Crippen LogP contribution in [0.1, 0.15) is 109 Å². The average molecular weight is 323 g/mol. The van der Waals surface area contributed by atoms with E-state index in [-0.39, 0.29) is 0 Å². The Labute approximate surface area is 143 Å². The van der Waals surface area contributed by atoms with Gasteiger partial charge in [-0.1, -0.05) is 96.8 Å². The lowest BCUT2D eigenvalue weighted by Crippen LogP contribution is -1.98. The number of hydrogen-bond acceptors (Lipinski definition) is 2. The van der Waals surface area contributed by atoms with Crippen molar-refractivity contribution in [3.63, 3.8) is 0 Å². The lowest BCUT2D eigenvalue weighted by atomic mass is 10.0. The Balaban J connectivity index is 1.72. The van der Waals surface area contributed by atoms with E-state index in [1.807, 2.05) is 0 Å². The molecule has 0 bridgehead atoms. The third kappa shape index (κ3) is 11.2. The molecule has 3 nitrogen and oxygen atoms in total. The monoisotopic (exact) mass is 322 g/mol. The minimum Gasteiger partial charge on any atom is -0.427 e. The van der Waals surface area contributed by atoms with Gasteiger partial charge in [0.25, 0.3) is 0 Å². The molecule has 0 aliphatic carbocycles. The molecular formula is C20H38N2O. The molecule has 0 aliphatic rings. The van der Waals surface area contributed by atoms with E-state index >= 15 is 0 Å². The molecule has 0 spiro atoms. The largest absolute Gasteiger partial charge is 0.427 e. The van der Waals surface area contributed by atoms with Crippen LogP contribution in [0.2, 0.25) is 0 Å². The molecule has 23 heavy (non-hydrogen) atoms. The first-order valence-corrected chi connectivity index (χ1v) is 10.1. The van der Waals surface area contributed by atoms with Crippen LogP contribution in [0.25, 0.3) is 0 Å². The van der Waals surface area contributed by atoms with Crippen LogP contribution in [0, 0.1) is 0 Å². The van der Waals surface area contributed by atoms with E-state index in [9.17, 15) is 5.21 Å². The van der Waals surface area contributed by atoms with Gasteiger partial charge in [-0.05, 0) is 6.42 Å². The zero-order valence-electron chi connectivity index (χ0n) is 15.3. The Kier molecular flexibility index (Phi) is 12.7. The molecule has 0 unspecified atom stereocenters. The van der Waals surface area contributed by atoms with Crippen LogP contribution in [-0.4, -0.2) is 14.9 Å². The van der Waals surface area contributed by atoms with Gasteiger partial charge in [0.2, 0.25) is 0 Å². The molecule has 134 valence electrons. The second kappa shape index (κ2) is 14.6. The maximum absolute atomic E-state index is 9.42. The fourth-order valence-electron chi connectivity index (χ4n) is 3.16. The first-order valence-electron chi connectivity index (χ1n) is 10.1. The molecular weight excluding hydrogens is 284 g/mol. The molecule has 0 aromatic carbocycles. The highest BCUT2D eigenvalue weighted by atomic mass is 16.5. The van der Waals surface area contributed by atoms with Gasteiger partial charge in [0.15, 0.2) is 0 Å². The molecule has 0 atom stereocenters. The summed E-state index contributed by atoms with van der Waals surface area (Å²) in [5.41, 5.74) is 0. The average Bonchev–Trinajstić information content (AvgIpc) is 2.96. The molecule has 1 rings (SSSR count). The molecule has 1 heterocycles. The van der Waals surface area contributed by atoms with E-state index in [0.717, 1.165) is 23.4 Å². The van der Waals surface area contributed by atoms with Gasteiger partial charge in [0.05, 0.1) is 6.20 Å². The summed E-state index contributed by atoms with van der Waals surface area (Å²) >= 11 is 0. The van der Waals surface area contributed by atoms with Gasteiger partial charge in [-0.2, -0.15) is 4.73 Å². The number of imidazole rings is 1. The van der Waals surface area contributed by atoms with Gasteiger partial charge in [0, 0.05) is 12.6 Å². The highest BCUT2D eigenvalue weighted by Crippen LogP contribution is 2.13. The SMILES string of the molecule is CCCCCCCCCCCCCCCCCc1nccn1O. The summed E-state index contributed by atoms with van der Waals surface area (Å²) in [6.45, 7) is 2.28. The molecule has 3 heteroatoms. The van der Waals surface area contributed by atoms with Crippen LogP contribution in [0.4, 0.5) is 0 Å². The number of hydrogen-bond donors (Lipinski definition) is 1.